The lowest BCUT2D eigenvalue weighted by atomic mass is 10.2. The highest BCUT2D eigenvalue weighted by molar-refractivity contribution is 5.23. The molecule has 1 aromatic heterocycles. The second kappa shape index (κ2) is 4.49. The van der Waals surface area contributed by atoms with E-state index in [9.17, 15) is 9.90 Å². The van der Waals surface area contributed by atoms with Crippen molar-refractivity contribution in [3.63, 3.8) is 0 Å². The third-order valence-corrected chi connectivity index (χ3v) is 2.94. The SMILES string of the molecule is CCc1c(O)n(C)c(=O)n1Cc1ccccc1. The summed E-state index contributed by atoms with van der Waals surface area (Å²) < 4.78 is 2.90. The maximum atomic E-state index is 11.9. The van der Waals surface area contributed by atoms with E-state index in [1.807, 2.05) is 37.3 Å². The third kappa shape index (κ3) is 1.98. The molecular weight excluding hydrogens is 216 g/mol. The molecule has 2 aromatic rings. The summed E-state index contributed by atoms with van der Waals surface area (Å²) in [5, 5.41) is 9.82. The van der Waals surface area contributed by atoms with Crippen molar-refractivity contribution in [1.82, 2.24) is 9.13 Å². The minimum absolute atomic E-state index is 0.0634. The molecule has 0 spiro atoms. The highest BCUT2D eigenvalue weighted by atomic mass is 16.3. The molecule has 0 bridgehead atoms. The fourth-order valence-electron chi connectivity index (χ4n) is 1.98. The van der Waals surface area contributed by atoms with Crippen molar-refractivity contribution in [2.24, 2.45) is 7.05 Å². The molecule has 0 unspecified atom stereocenters. The van der Waals surface area contributed by atoms with Crippen LogP contribution in [0.15, 0.2) is 35.1 Å². The molecule has 0 aliphatic carbocycles. The van der Waals surface area contributed by atoms with E-state index in [0.29, 0.717) is 18.7 Å². The molecule has 17 heavy (non-hydrogen) atoms. The molecule has 0 atom stereocenters. The first-order valence-electron chi connectivity index (χ1n) is 5.66. The molecule has 0 saturated heterocycles. The lowest BCUT2D eigenvalue weighted by molar-refractivity contribution is 0.423. The molecule has 2 rings (SSSR count). The zero-order valence-electron chi connectivity index (χ0n) is 10.1. The van der Waals surface area contributed by atoms with Gasteiger partial charge in [-0.3, -0.25) is 9.13 Å². The van der Waals surface area contributed by atoms with Crippen LogP contribution in [0.1, 0.15) is 18.2 Å². The predicted octanol–water partition coefficient (Wildman–Crippen LogP) is 1.50. The molecule has 4 nitrogen and oxygen atoms in total. The van der Waals surface area contributed by atoms with E-state index in [1.165, 1.54) is 4.57 Å². The van der Waals surface area contributed by atoms with Crippen LogP contribution in [0.4, 0.5) is 0 Å². The largest absolute Gasteiger partial charge is 0.493 e. The van der Waals surface area contributed by atoms with Gasteiger partial charge in [0.1, 0.15) is 0 Å². The van der Waals surface area contributed by atoms with Gasteiger partial charge in [0.2, 0.25) is 5.88 Å². The summed E-state index contributed by atoms with van der Waals surface area (Å²) in [6.07, 6.45) is 0.634. The molecule has 1 heterocycles. The minimum Gasteiger partial charge on any atom is -0.493 e. The average molecular weight is 232 g/mol. The van der Waals surface area contributed by atoms with E-state index in [4.69, 9.17) is 0 Å². The molecule has 1 N–H and O–H groups in total. The van der Waals surface area contributed by atoms with Crippen LogP contribution in [-0.2, 0) is 20.0 Å². The average Bonchev–Trinajstić information content (AvgIpc) is 2.55. The molecule has 0 radical (unpaired) electrons. The first kappa shape index (κ1) is 11.5. The number of benzene rings is 1. The quantitative estimate of drug-likeness (QED) is 0.871. The fraction of sp³-hybridized carbons (Fsp3) is 0.308. The Morgan fingerprint density at radius 2 is 1.88 bits per heavy atom. The highest BCUT2D eigenvalue weighted by Crippen LogP contribution is 2.16. The number of aromatic hydroxyl groups is 1. The Bertz CT molecular complexity index is 567. The summed E-state index contributed by atoms with van der Waals surface area (Å²) in [5.74, 6) is 0.0634. The van der Waals surface area contributed by atoms with Crippen LogP contribution in [0, 0.1) is 0 Å². The monoisotopic (exact) mass is 232 g/mol. The predicted molar refractivity (Wildman–Crippen MR) is 66.3 cm³/mol. The van der Waals surface area contributed by atoms with Crippen LogP contribution in [0.3, 0.4) is 0 Å². The van der Waals surface area contributed by atoms with Crippen molar-refractivity contribution >= 4 is 0 Å². The maximum absolute atomic E-state index is 11.9. The number of hydrogen-bond acceptors (Lipinski definition) is 2. The zero-order valence-corrected chi connectivity index (χ0v) is 10.1. The van der Waals surface area contributed by atoms with E-state index in [2.05, 4.69) is 0 Å². The minimum atomic E-state index is -0.178. The molecule has 4 heteroatoms. The Kier molecular flexibility index (Phi) is 3.04. The second-order valence-electron chi connectivity index (χ2n) is 4.04. The highest BCUT2D eigenvalue weighted by Gasteiger charge is 2.15. The van der Waals surface area contributed by atoms with Crippen molar-refractivity contribution in [2.75, 3.05) is 0 Å². The molecule has 0 saturated carbocycles. The van der Waals surface area contributed by atoms with Gasteiger partial charge in [-0.05, 0) is 12.0 Å². The van der Waals surface area contributed by atoms with Gasteiger partial charge in [0.15, 0.2) is 0 Å². The van der Waals surface area contributed by atoms with Gasteiger partial charge in [0, 0.05) is 7.05 Å². The third-order valence-electron chi connectivity index (χ3n) is 2.94. The summed E-state index contributed by atoms with van der Waals surface area (Å²) in [4.78, 5) is 11.9. The molecule has 90 valence electrons. The normalized spacial score (nSPS) is 10.7. The van der Waals surface area contributed by atoms with Gasteiger partial charge in [0.25, 0.3) is 0 Å². The van der Waals surface area contributed by atoms with Gasteiger partial charge in [-0.15, -0.1) is 0 Å². The number of aromatic nitrogens is 2. The summed E-state index contributed by atoms with van der Waals surface area (Å²) >= 11 is 0. The Morgan fingerprint density at radius 1 is 1.24 bits per heavy atom. The van der Waals surface area contributed by atoms with Crippen LogP contribution >= 0.6 is 0 Å². The molecule has 1 aromatic carbocycles. The van der Waals surface area contributed by atoms with Crippen molar-refractivity contribution < 1.29 is 5.11 Å². The van der Waals surface area contributed by atoms with E-state index >= 15 is 0 Å². The first-order chi connectivity index (χ1) is 8.15. The van der Waals surface area contributed by atoms with Gasteiger partial charge >= 0.3 is 5.69 Å². The lowest BCUT2D eigenvalue weighted by Crippen LogP contribution is -2.23. The summed E-state index contributed by atoms with van der Waals surface area (Å²) in [5.41, 5.74) is 1.56. The van der Waals surface area contributed by atoms with Crippen LogP contribution in [0.5, 0.6) is 5.88 Å². The maximum Gasteiger partial charge on any atom is 0.331 e. The summed E-state index contributed by atoms with van der Waals surface area (Å²) in [7, 11) is 1.58. The van der Waals surface area contributed by atoms with Gasteiger partial charge in [-0.2, -0.15) is 0 Å². The van der Waals surface area contributed by atoms with Crippen molar-refractivity contribution in [1.29, 1.82) is 0 Å². The van der Waals surface area contributed by atoms with E-state index in [-0.39, 0.29) is 11.6 Å². The Hall–Kier alpha value is -1.97. The first-order valence-corrected chi connectivity index (χ1v) is 5.66. The summed E-state index contributed by atoms with van der Waals surface area (Å²) in [6.45, 7) is 2.42. The van der Waals surface area contributed by atoms with Gasteiger partial charge in [0.05, 0.1) is 12.2 Å². The molecule has 0 amide bonds. The van der Waals surface area contributed by atoms with Crippen molar-refractivity contribution in [2.45, 2.75) is 19.9 Å². The number of imidazole rings is 1. The van der Waals surface area contributed by atoms with Crippen LogP contribution in [-0.4, -0.2) is 14.2 Å². The van der Waals surface area contributed by atoms with Gasteiger partial charge < -0.3 is 5.11 Å². The Balaban J connectivity index is 2.46. The number of hydrogen-bond donors (Lipinski definition) is 1. The van der Waals surface area contributed by atoms with Gasteiger partial charge in [-0.1, -0.05) is 37.3 Å². The van der Waals surface area contributed by atoms with Crippen LogP contribution in [0.25, 0.3) is 0 Å². The molecule has 0 aliphatic heterocycles. The zero-order chi connectivity index (χ0) is 12.4. The van der Waals surface area contributed by atoms with E-state index in [1.54, 1.807) is 11.6 Å². The van der Waals surface area contributed by atoms with Crippen molar-refractivity contribution in [3.05, 3.63) is 52.1 Å². The topological polar surface area (TPSA) is 47.2 Å². The Labute approximate surface area is 99.8 Å². The molecular formula is C13H16N2O2. The summed E-state index contributed by atoms with van der Waals surface area (Å²) in [6, 6.07) is 9.75. The number of nitrogens with zero attached hydrogens (tertiary/aromatic N) is 2. The standard InChI is InChI=1S/C13H16N2O2/c1-3-11-12(16)14(2)13(17)15(11)9-10-7-5-4-6-8-10/h4-8,16H,3,9H2,1-2H3. The van der Waals surface area contributed by atoms with E-state index < -0.39 is 0 Å². The van der Waals surface area contributed by atoms with Crippen LogP contribution < -0.4 is 5.69 Å². The van der Waals surface area contributed by atoms with E-state index in [0.717, 1.165) is 5.56 Å². The fourth-order valence-corrected chi connectivity index (χ4v) is 1.98. The van der Waals surface area contributed by atoms with Gasteiger partial charge in [-0.25, -0.2) is 4.79 Å². The van der Waals surface area contributed by atoms with Crippen molar-refractivity contribution in [3.8, 4) is 5.88 Å². The number of rotatable bonds is 3. The Morgan fingerprint density at radius 3 is 2.47 bits per heavy atom. The molecule has 0 fully saturated rings. The second-order valence-corrected chi connectivity index (χ2v) is 4.04. The molecule has 0 aliphatic rings. The van der Waals surface area contributed by atoms with Crippen LogP contribution in [0.2, 0.25) is 0 Å². The smallest absolute Gasteiger partial charge is 0.331 e. The lowest BCUT2D eigenvalue weighted by Gasteiger charge is -2.05.